The Morgan fingerprint density at radius 2 is 1.84 bits per heavy atom. The molecule has 0 bridgehead atoms. The number of aromatic hydroxyl groups is 1. The third-order valence-electron chi connectivity index (χ3n) is 10.5. The summed E-state index contributed by atoms with van der Waals surface area (Å²) in [6.07, 6.45) is 11.9. The molecule has 0 radical (unpaired) electrons. The zero-order valence-electron chi connectivity index (χ0n) is 22.6. The van der Waals surface area contributed by atoms with E-state index in [0.29, 0.717) is 30.6 Å². The zero-order valence-corrected chi connectivity index (χ0v) is 22.6. The van der Waals surface area contributed by atoms with Crippen LogP contribution in [0.1, 0.15) is 77.7 Å². The third-order valence-corrected chi connectivity index (χ3v) is 10.5. The Bertz CT molecular complexity index is 1090. The molecule has 0 aliphatic heterocycles. The second-order valence-corrected chi connectivity index (χ2v) is 12.4. The highest BCUT2D eigenvalue weighted by atomic mass is 16.6. The van der Waals surface area contributed by atoms with Crippen molar-refractivity contribution in [2.45, 2.75) is 78.6 Å². The fraction of sp³-hybridized carbons (Fsp3) is 0.645. The number of ketones is 1. The van der Waals surface area contributed by atoms with E-state index in [0.717, 1.165) is 42.9 Å². The number of Topliss-reactive ketones (excluding diaryl/α,β-unsaturated/α-hetero) is 1. The van der Waals surface area contributed by atoms with Gasteiger partial charge in [-0.3, -0.25) is 9.59 Å². The maximum atomic E-state index is 12.4. The Labute approximate surface area is 220 Å². The molecule has 4 aliphatic rings. The standard InChI is InChI=1S/C31H42N2O4/c1-20(34)26-10-11-27-25-9-6-22-18-23(12-15-30(22,2)28(25)13-16-31(26,27)3)33-37-19-29(36)32-17-14-21-4-7-24(35)8-5-21/h4-5,7-8,18,25-28,35H,6,9-17,19H2,1-3H3,(H,32,36). The van der Waals surface area contributed by atoms with E-state index >= 15 is 0 Å². The van der Waals surface area contributed by atoms with Crippen molar-refractivity contribution in [3.8, 4) is 5.75 Å². The Kier molecular flexibility index (Phi) is 7.21. The molecule has 0 aromatic heterocycles. The molecule has 5 rings (SSSR count). The van der Waals surface area contributed by atoms with Gasteiger partial charge in [-0.2, -0.15) is 0 Å². The molecular formula is C31H42N2O4. The van der Waals surface area contributed by atoms with Gasteiger partial charge in [0.2, 0.25) is 0 Å². The van der Waals surface area contributed by atoms with E-state index in [-0.39, 0.29) is 35.0 Å². The van der Waals surface area contributed by atoms with Gasteiger partial charge in [-0.1, -0.05) is 36.7 Å². The van der Waals surface area contributed by atoms with Gasteiger partial charge in [0.1, 0.15) is 11.5 Å². The Morgan fingerprint density at radius 3 is 2.59 bits per heavy atom. The van der Waals surface area contributed by atoms with Crippen molar-refractivity contribution in [3.63, 3.8) is 0 Å². The Balaban J connectivity index is 1.15. The first-order valence-corrected chi connectivity index (χ1v) is 14.2. The number of allylic oxidation sites excluding steroid dienone is 2. The van der Waals surface area contributed by atoms with Crippen LogP contribution in [0.25, 0.3) is 0 Å². The lowest BCUT2D eigenvalue weighted by Crippen LogP contribution is -2.51. The van der Waals surface area contributed by atoms with Crippen molar-refractivity contribution in [2.24, 2.45) is 39.7 Å². The van der Waals surface area contributed by atoms with Crippen molar-refractivity contribution in [1.82, 2.24) is 5.32 Å². The molecule has 0 saturated heterocycles. The minimum Gasteiger partial charge on any atom is -0.508 e. The molecule has 0 heterocycles. The number of phenolic OH excluding ortho intramolecular Hbond substituents is 1. The average molecular weight is 507 g/mol. The lowest BCUT2D eigenvalue weighted by atomic mass is 9.46. The van der Waals surface area contributed by atoms with Crippen LogP contribution in [0.15, 0.2) is 41.1 Å². The summed E-state index contributed by atoms with van der Waals surface area (Å²) in [5.74, 6) is 2.83. The van der Waals surface area contributed by atoms with Crippen LogP contribution in [0.2, 0.25) is 0 Å². The highest BCUT2D eigenvalue weighted by Gasteiger charge is 2.59. The number of rotatable bonds is 7. The number of hydrogen-bond donors (Lipinski definition) is 2. The molecular weight excluding hydrogens is 464 g/mol. The molecule has 3 fully saturated rings. The van der Waals surface area contributed by atoms with Gasteiger partial charge in [-0.15, -0.1) is 0 Å². The van der Waals surface area contributed by atoms with E-state index in [9.17, 15) is 14.7 Å². The molecule has 2 N–H and O–H groups in total. The van der Waals surface area contributed by atoms with Crippen molar-refractivity contribution in [2.75, 3.05) is 13.2 Å². The van der Waals surface area contributed by atoms with E-state index in [1.54, 1.807) is 19.1 Å². The number of nitrogens with zero attached hydrogens (tertiary/aromatic N) is 1. The summed E-state index contributed by atoms with van der Waals surface area (Å²) < 4.78 is 0. The molecule has 6 atom stereocenters. The number of hydrogen-bond acceptors (Lipinski definition) is 5. The van der Waals surface area contributed by atoms with Gasteiger partial charge in [0, 0.05) is 12.5 Å². The number of phenols is 1. The minimum absolute atomic E-state index is 0.0816. The maximum absolute atomic E-state index is 12.4. The van der Waals surface area contributed by atoms with Crippen LogP contribution in [0, 0.1) is 34.5 Å². The molecule has 1 aromatic carbocycles. The molecule has 4 aliphatic carbocycles. The smallest absolute Gasteiger partial charge is 0.260 e. The predicted molar refractivity (Wildman–Crippen MR) is 144 cm³/mol. The van der Waals surface area contributed by atoms with Crippen LogP contribution in [-0.4, -0.2) is 35.7 Å². The van der Waals surface area contributed by atoms with E-state index in [1.807, 2.05) is 12.1 Å². The van der Waals surface area contributed by atoms with Gasteiger partial charge in [0.15, 0.2) is 6.61 Å². The summed E-state index contributed by atoms with van der Waals surface area (Å²) in [6.45, 7) is 7.12. The Hall–Kier alpha value is -2.63. The molecule has 1 aromatic rings. The summed E-state index contributed by atoms with van der Waals surface area (Å²) in [6, 6.07) is 7.00. The number of benzene rings is 1. The van der Waals surface area contributed by atoms with Crippen LogP contribution in [0.5, 0.6) is 5.75 Å². The molecule has 6 heteroatoms. The van der Waals surface area contributed by atoms with E-state index in [1.165, 1.54) is 31.3 Å². The lowest BCUT2D eigenvalue weighted by Gasteiger charge is -2.58. The van der Waals surface area contributed by atoms with E-state index < -0.39 is 0 Å². The first-order valence-electron chi connectivity index (χ1n) is 14.2. The first-order chi connectivity index (χ1) is 17.7. The van der Waals surface area contributed by atoms with Crippen molar-refractivity contribution in [3.05, 3.63) is 41.5 Å². The highest BCUT2D eigenvalue weighted by Crippen LogP contribution is 2.66. The second kappa shape index (κ2) is 10.3. The van der Waals surface area contributed by atoms with Gasteiger partial charge in [-0.05, 0) is 117 Å². The van der Waals surface area contributed by atoms with Crippen LogP contribution in [0.4, 0.5) is 0 Å². The van der Waals surface area contributed by atoms with Crippen LogP contribution < -0.4 is 5.32 Å². The number of carbonyl (C=O) groups is 2. The lowest BCUT2D eigenvalue weighted by molar-refractivity contribution is -0.128. The van der Waals surface area contributed by atoms with Gasteiger partial charge >= 0.3 is 0 Å². The van der Waals surface area contributed by atoms with E-state index in [4.69, 9.17) is 4.84 Å². The average Bonchev–Trinajstić information content (AvgIpc) is 3.23. The second-order valence-electron chi connectivity index (χ2n) is 12.4. The van der Waals surface area contributed by atoms with Crippen LogP contribution >= 0.6 is 0 Å². The van der Waals surface area contributed by atoms with E-state index in [2.05, 4.69) is 30.4 Å². The zero-order chi connectivity index (χ0) is 26.2. The molecule has 6 unspecified atom stereocenters. The Morgan fingerprint density at radius 1 is 1.05 bits per heavy atom. The predicted octanol–water partition coefficient (Wildman–Crippen LogP) is 5.59. The normalized spacial score (nSPS) is 35.6. The minimum atomic E-state index is -0.178. The third kappa shape index (κ3) is 4.96. The van der Waals surface area contributed by atoms with Crippen LogP contribution in [0.3, 0.4) is 0 Å². The van der Waals surface area contributed by atoms with Crippen LogP contribution in [-0.2, 0) is 20.8 Å². The van der Waals surface area contributed by atoms with Gasteiger partial charge in [0.05, 0.1) is 5.71 Å². The van der Waals surface area contributed by atoms with Crippen molar-refractivity contribution in [1.29, 1.82) is 0 Å². The molecule has 37 heavy (non-hydrogen) atoms. The monoisotopic (exact) mass is 506 g/mol. The first kappa shape index (κ1) is 26.0. The molecule has 1 amide bonds. The number of oxime groups is 1. The SMILES string of the molecule is CC(=O)C1CCC2C3CCC4=CC(=NOCC(=O)NCCc5ccc(O)cc5)CCC4(C)C3CCC12C. The summed E-state index contributed by atoms with van der Waals surface area (Å²) in [7, 11) is 0. The summed E-state index contributed by atoms with van der Waals surface area (Å²) in [4.78, 5) is 30.0. The maximum Gasteiger partial charge on any atom is 0.260 e. The summed E-state index contributed by atoms with van der Waals surface area (Å²) >= 11 is 0. The number of nitrogens with one attached hydrogen (secondary N) is 1. The van der Waals surface area contributed by atoms with Gasteiger partial charge < -0.3 is 15.3 Å². The van der Waals surface area contributed by atoms with Gasteiger partial charge in [-0.25, -0.2) is 0 Å². The van der Waals surface area contributed by atoms with Gasteiger partial charge in [0.25, 0.3) is 5.91 Å². The van der Waals surface area contributed by atoms with Crippen molar-refractivity contribution < 1.29 is 19.5 Å². The molecule has 3 saturated carbocycles. The molecule has 6 nitrogen and oxygen atoms in total. The molecule has 200 valence electrons. The number of amides is 1. The topological polar surface area (TPSA) is 88.0 Å². The quantitative estimate of drug-likeness (QED) is 0.472. The summed E-state index contributed by atoms with van der Waals surface area (Å²) in [5, 5.41) is 16.6. The van der Waals surface area contributed by atoms with Crippen molar-refractivity contribution >= 4 is 17.4 Å². The molecule has 0 spiro atoms. The number of carbonyl (C=O) groups excluding carboxylic acids is 2. The fourth-order valence-electron chi connectivity index (χ4n) is 8.54. The largest absolute Gasteiger partial charge is 0.508 e. The summed E-state index contributed by atoms with van der Waals surface area (Å²) in [5.41, 5.74) is 3.92. The highest BCUT2D eigenvalue weighted by molar-refractivity contribution is 5.96. The fourth-order valence-corrected chi connectivity index (χ4v) is 8.54. The number of fused-ring (bicyclic) bond motifs is 5.